The molecule has 0 aliphatic carbocycles. The van der Waals surface area contributed by atoms with Crippen molar-refractivity contribution in [3.8, 4) is 5.75 Å². The normalized spacial score (nSPS) is 12.2. The van der Waals surface area contributed by atoms with Crippen molar-refractivity contribution in [3.05, 3.63) is 29.3 Å². The van der Waals surface area contributed by atoms with Crippen molar-refractivity contribution in [2.75, 3.05) is 7.11 Å². The van der Waals surface area contributed by atoms with Crippen LogP contribution in [0, 0.1) is 6.92 Å². The second-order valence-electron chi connectivity index (χ2n) is 3.36. The molecule has 0 bridgehead atoms. The Morgan fingerprint density at radius 2 is 2.20 bits per heavy atom. The minimum atomic E-state index is -1.03. The Labute approximate surface area is 88.1 Å². The number of carbonyl (C=O) groups excluding carboxylic acids is 1. The largest absolute Gasteiger partial charge is 0.508 e. The molecule has 1 aromatic carbocycles. The van der Waals surface area contributed by atoms with Gasteiger partial charge in [-0.05, 0) is 18.6 Å². The van der Waals surface area contributed by atoms with Gasteiger partial charge in [-0.15, -0.1) is 0 Å². The molecule has 0 spiro atoms. The molecule has 2 N–H and O–H groups in total. The van der Waals surface area contributed by atoms with E-state index in [0.717, 1.165) is 5.56 Å². The van der Waals surface area contributed by atoms with E-state index in [1.165, 1.54) is 13.2 Å². The first-order chi connectivity index (χ1) is 7.04. The highest BCUT2D eigenvalue weighted by Gasteiger charge is 2.16. The van der Waals surface area contributed by atoms with E-state index in [4.69, 9.17) is 0 Å². The molecule has 0 heterocycles. The van der Waals surface area contributed by atoms with Crippen molar-refractivity contribution in [2.45, 2.75) is 19.4 Å². The van der Waals surface area contributed by atoms with E-state index in [9.17, 15) is 15.0 Å². The molecule has 0 amide bonds. The Morgan fingerprint density at radius 1 is 1.53 bits per heavy atom. The van der Waals surface area contributed by atoms with Crippen LogP contribution in [0.2, 0.25) is 0 Å². The lowest BCUT2D eigenvalue weighted by molar-refractivity contribution is -0.142. The van der Waals surface area contributed by atoms with E-state index in [2.05, 4.69) is 4.74 Å². The van der Waals surface area contributed by atoms with Crippen LogP contribution in [0.5, 0.6) is 5.75 Å². The van der Waals surface area contributed by atoms with Crippen molar-refractivity contribution in [3.63, 3.8) is 0 Å². The van der Waals surface area contributed by atoms with E-state index >= 15 is 0 Å². The van der Waals surface area contributed by atoms with Crippen molar-refractivity contribution in [1.82, 2.24) is 0 Å². The average Bonchev–Trinajstić information content (AvgIpc) is 2.17. The molecule has 15 heavy (non-hydrogen) atoms. The number of aliphatic hydroxyl groups excluding tert-OH is 1. The molecule has 0 aliphatic rings. The summed E-state index contributed by atoms with van der Waals surface area (Å²) in [5, 5.41) is 19.2. The number of carbonyl (C=O) groups is 1. The average molecular weight is 210 g/mol. The Balaban J connectivity index is 2.82. The molecule has 0 aromatic heterocycles. The van der Waals surface area contributed by atoms with Gasteiger partial charge in [0.1, 0.15) is 5.75 Å². The molecule has 0 radical (unpaired) electrons. The first-order valence-electron chi connectivity index (χ1n) is 4.59. The number of aromatic hydroxyl groups is 1. The minimum absolute atomic E-state index is 0.00796. The van der Waals surface area contributed by atoms with Crippen LogP contribution in [-0.2, 0) is 9.53 Å². The molecule has 1 aromatic rings. The summed E-state index contributed by atoms with van der Waals surface area (Å²) in [6, 6.07) is 4.89. The Morgan fingerprint density at radius 3 is 2.73 bits per heavy atom. The van der Waals surface area contributed by atoms with Gasteiger partial charge in [0.15, 0.2) is 0 Å². The van der Waals surface area contributed by atoms with Crippen LogP contribution in [-0.4, -0.2) is 23.3 Å². The molecule has 0 unspecified atom stereocenters. The first-order valence-corrected chi connectivity index (χ1v) is 4.59. The van der Waals surface area contributed by atoms with Gasteiger partial charge in [-0.25, -0.2) is 0 Å². The molecule has 4 nitrogen and oxygen atoms in total. The van der Waals surface area contributed by atoms with E-state index in [-0.39, 0.29) is 12.2 Å². The predicted octanol–water partition coefficient (Wildman–Crippen LogP) is 1.30. The summed E-state index contributed by atoms with van der Waals surface area (Å²) in [4.78, 5) is 10.9. The zero-order valence-corrected chi connectivity index (χ0v) is 8.73. The quantitative estimate of drug-likeness (QED) is 0.738. The summed E-state index contributed by atoms with van der Waals surface area (Å²) < 4.78 is 4.43. The van der Waals surface area contributed by atoms with Gasteiger partial charge >= 0.3 is 5.97 Å². The molecule has 0 aliphatic heterocycles. The van der Waals surface area contributed by atoms with Gasteiger partial charge in [0.05, 0.1) is 19.6 Å². The summed E-state index contributed by atoms with van der Waals surface area (Å²) in [6.45, 7) is 1.83. The molecule has 1 rings (SSSR count). The van der Waals surface area contributed by atoms with Gasteiger partial charge in [-0.2, -0.15) is 0 Å². The van der Waals surface area contributed by atoms with Crippen LogP contribution >= 0.6 is 0 Å². The van der Waals surface area contributed by atoms with Crippen LogP contribution in [0.4, 0.5) is 0 Å². The van der Waals surface area contributed by atoms with Crippen LogP contribution < -0.4 is 0 Å². The number of phenolic OH excluding ortho intramolecular Hbond substituents is 1. The van der Waals surface area contributed by atoms with Crippen molar-refractivity contribution < 1.29 is 19.7 Å². The van der Waals surface area contributed by atoms with Crippen LogP contribution in [0.3, 0.4) is 0 Å². The highest BCUT2D eigenvalue weighted by molar-refractivity contribution is 5.70. The third kappa shape index (κ3) is 2.95. The molecular formula is C11H14O4. The van der Waals surface area contributed by atoms with E-state index in [0.29, 0.717) is 5.56 Å². The summed E-state index contributed by atoms with van der Waals surface area (Å²) in [6.07, 6.45) is -1.19. The number of hydrogen-bond donors (Lipinski definition) is 2. The fraction of sp³-hybridized carbons (Fsp3) is 0.364. The van der Waals surface area contributed by atoms with Gasteiger partial charge in [-0.1, -0.05) is 12.1 Å². The number of esters is 1. The van der Waals surface area contributed by atoms with Crippen LogP contribution in [0.15, 0.2) is 18.2 Å². The number of benzene rings is 1. The number of aryl methyl sites for hydroxylation is 1. The number of aliphatic hydroxyl groups is 1. The topological polar surface area (TPSA) is 66.8 Å². The van der Waals surface area contributed by atoms with E-state index < -0.39 is 12.1 Å². The van der Waals surface area contributed by atoms with E-state index in [1.54, 1.807) is 12.1 Å². The predicted molar refractivity (Wildman–Crippen MR) is 54.4 cm³/mol. The second kappa shape index (κ2) is 4.79. The summed E-state index contributed by atoms with van der Waals surface area (Å²) in [7, 11) is 1.25. The molecule has 82 valence electrons. The van der Waals surface area contributed by atoms with Gasteiger partial charge in [0.25, 0.3) is 0 Å². The Hall–Kier alpha value is -1.55. The maximum atomic E-state index is 10.9. The fourth-order valence-electron chi connectivity index (χ4n) is 1.29. The van der Waals surface area contributed by atoms with E-state index in [1.807, 2.05) is 6.92 Å². The number of hydrogen-bond acceptors (Lipinski definition) is 4. The minimum Gasteiger partial charge on any atom is -0.508 e. The van der Waals surface area contributed by atoms with Gasteiger partial charge in [-0.3, -0.25) is 4.79 Å². The number of ether oxygens (including phenoxy) is 1. The lowest BCUT2D eigenvalue weighted by Crippen LogP contribution is -2.08. The maximum absolute atomic E-state index is 10.9. The maximum Gasteiger partial charge on any atom is 0.308 e. The monoisotopic (exact) mass is 210 g/mol. The zero-order chi connectivity index (χ0) is 11.4. The lowest BCUT2D eigenvalue weighted by atomic mass is 10.0. The third-order valence-corrected chi connectivity index (χ3v) is 2.13. The van der Waals surface area contributed by atoms with Crippen molar-refractivity contribution >= 4 is 5.97 Å². The second-order valence-corrected chi connectivity index (χ2v) is 3.36. The summed E-state index contributed by atoms with van der Waals surface area (Å²) in [5.74, 6) is -0.520. The van der Waals surface area contributed by atoms with Crippen LogP contribution in [0.1, 0.15) is 23.7 Å². The van der Waals surface area contributed by atoms with Gasteiger partial charge < -0.3 is 14.9 Å². The molecule has 0 fully saturated rings. The molecule has 4 heteroatoms. The van der Waals surface area contributed by atoms with Gasteiger partial charge in [0, 0.05) is 5.56 Å². The van der Waals surface area contributed by atoms with Gasteiger partial charge in [0.2, 0.25) is 0 Å². The smallest absolute Gasteiger partial charge is 0.308 e. The third-order valence-electron chi connectivity index (χ3n) is 2.13. The zero-order valence-electron chi connectivity index (χ0n) is 8.73. The van der Waals surface area contributed by atoms with Crippen LogP contribution in [0.25, 0.3) is 0 Å². The summed E-state index contributed by atoms with van der Waals surface area (Å²) >= 11 is 0. The Bertz CT molecular complexity index is 360. The summed E-state index contributed by atoms with van der Waals surface area (Å²) in [5.41, 5.74) is 1.23. The Kier molecular flexibility index (Phi) is 3.68. The number of phenols is 1. The highest BCUT2D eigenvalue weighted by Crippen LogP contribution is 2.27. The molecule has 0 saturated heterocycles. The number of methoxy groups -OCH3 is 1. The fourth-order valence-corrected chi connectivity index (χ4v) is 1.29. The molecule has 0 saturated carbocycles. The van der Waals surface area contributed by atoms with Crippen molar-refractivity contribution in [1.29, 1.82) is 0 Å². The lowest BCUT2D eigenvalue weighted by Gasteiger charge is -2.11. The SMILES string of the molecule is COC(=O)C[C@H](O)c1ccc(C)cc1O. The molecule has 1 atom stereocenters. The standard InChI is InChI=1S/C11H14O4/c1-7-3-4-8(9(12)5-7)10(13)6-11(14)15-2/h3-5,10,12-13H,6H2,1-2H3/t10-/m0/s1. The van der Waals surface area contributed by atoms with Crippen molar-refractivity contribution in [2.24, 2.45) is 0 Å². The number of rotatable bonds is 3. The first kappa shape index (κ1) is 11.5. The highest BCUT2D eigenvalue weighted by atomic mass is 16.5. The molecular weight excluding hydrogens is 196 g/mol.